The molecule has 1 rings (SSSR count). The Bertz CT molecular complexity index is 468. The van der Waals surface area contributed by atoms with Gasteiger partial charge >= 0.3 is 11.9 Å². The summed E-state index contributed by atoms with van der Waals surface area (Å²) in [5, 5.41) is 0. The van der Waals surface area contributed by atoms with Crippen LogP contribution in [0.3, 0.4) is 0 Å². The summed E-state index contributed by atoms with van der Waals surface area (Å²) < 4.78 is 10.4. The minimum absolute atomic E-state index is 0.0456. The number of carbonyl (C=O) groups excluding carboxylic acids is 2. The molecule has 0 radical (unpaired) electrons. The first kappa shape index (κ1) is 15.6. The number of aromatic nitrogens is 2. The van der Waals surface area contributed by atoms with Gasteiger partial charge < -0.3 is 9.47 Å². The van der Waals surface area contributed by atoms with E-state index in [0.717, 1.165) is 0 Å². The van der Waals surface area contributed by atoms with E-state index < -0.39 is 23.5 Å². The molecule has 19 heavy (non-hydrogen) atoms. The molecule has 0 aromatic carbocycles. The molecule has 1 atom stereocenters. The topological polar surface area (TPSA) is 78.4 Å². The summed E-state index contributed by atoms with van der Waals surface area (Å²) in [4.78, 5) is 31.6. The van der Waals surface area contributed by atoms with Gasteiger partial charge in [-0.3, -0.25) is 9.59 Å². The van der Waals surface area contributed by atoms with Gasteiger partial charge in [-0.05, 0) is 36.7 Å². The lowest BCUT2D eigenvalue weighted by Gasteiger charge is -2.22. The van der Waals surface area contributed by atoms with Gasteiger partial charge in [0.05, 0.1) is 11.6 Å². The van der Waals surface area contributed by atoms with Crippen LogP contribution >= 0.6 is 15.9 Å². The molecule has 1 aromatic heterocycles. The zero-order chi connectivity index (χ0) is 14.6. The minimum atomic E-state index is -1.28. The number of methoxy groups -OCH3 is 1. The van der Waals surface area contributed by atoms with Gasteiger partial charge in [-0.25, -0.2) is 9.97 Å². The molecule has 0 unspecified atom stereocenters. The lowest BCUT2D eigenvalue weighted by molar-refractivity contribution is -0.163. The van der Waals surface area contributed by atoms with Crippen molar-refractivity contribution in [2.45, 2.75) is 32.3 Å². The van der Waals surface area contributed by atoms with E-state index >= 15 is 0 Å². The first-order valence-electron chi connectivity index (χ1n) is 5.52. The van der Waals surface area contributed by atoms with Gasteiger partial charge in [0, 0.05) is 12.4 Å². The Morgan fingerprint density at radius 2 is 1.74 bits per heavy atom. The summed E-state index contributed by atoms with van der Waals surface area (Å²) in [5.41, 5.74) is -0.710. The fourth-order valence-electron chi connectivity index (χ4n) is 1.26. The van der Waals surface area contributed by atoms with Crippen LogP contribution in [0.4, 0.5) is 0 Å². The second-order valence-corrected chi connectivity index (χ2v) is 5.66. The molecule has 104 valence electrons. The fraction of sp³-hybridized carbons (Fsp3) is 0.500. The van der Waals surface area contributed by atoms with Gasteiger partial charge in [0.25, 0.3) is 0 Å². The number of hydrogen-bond donors (Lipinski definition) is 0. The van der Waals surface area contributed by atoms with Crippen molar-refractivity contribution < 1.29 is 19.1 Å². The van der Waals surface area contributed by atoms with Crippen molar-refractivity contribution in [3.05, 3.63) is 22.7 Å². The lowest BCUT2D eigenvalue weighted by atomic mass is 10.1. The van der Waals surface area contributed by atoms with E-state index in [1.165, 1.54) is 19.5 Å². The van der Waals surface area contributed by atoms with Crippen molar-refractivity contribution in [3.63, 3.8) is 0 Å². The van der Waals surface area contributed by atoms with E-state index in [2.05, 4.69) is 30.6 Å². The Morgan fingerprint density at radius 1 is 1.21 bits per heavy atom. The van der Waals surface area contributed by atoms with Crippen molar-refractivity contribution in [1.29, 1.82) is 0 Å². The van der Waals surface area contributed by atoms with Gasteiger partial charge in [0.1, 0.15) is 5.60 Å². The Balaban J connectivity index is 3.05. The SMILES string of the molecule is COC(=O)[C@@H](C(=O)OC(C)(C)C)c1ncc(Br)cn1. The van der Waals surface area contributed by atoms with Crippen molar-refractivity contribution in [2.75, 3.05) is 7.11 Å². The summed E-state index contributed by atoms with van der Waals surface area (Å²) >= 11 is 3.18. The van der Waals surface area contributed by atoms with Crippen LogP contribution in [-0.2, 0) is 19.1 Å². The number of halogens is 1. The zero-order valence-corrected chi connectivity index (χ0v) is 12.7. The highest BCUT2D eigenvalue weighted by molar-refractivity contribution is 9.10. The molecule has 0 aliphatic heterocycles. The molecular weight excluding hydrogens is 316 g/mol. The fourth-order valence-corrected chi connectivity index (χ4v) is 1.46. The van der Waals surface area contributed by atoms with Gasteiger partial charge in [0.15, 0.2) is 5.82 Å². The Hall–Kier alpha value is -1.50. The third-order valence-electron chi connectivity index (χ3n) is 1.98. The number of esters is 2. The lowest BCUT2D eigenvalue weighted by Crippen LogP contribution is -2.33. The van der Waals surface area contributed by atoms with E-state index in [0.29, 0.717) is 4.47 Å². The van der Waals surface area contributed by atoms with Crippen LogP contribution in [0.1, 0.15) is 32.5 Å². The minimum Gasteiger partial charge on any atom is -0.468 e. The molecule has 0 spiro atoms. The van der Waals surface area contributed by atoms with E-state index in [1.807, 2.05) is 0 Å². The third-order valence-corrected chi connectivity index (χ3v) is 2.39. The highest BCUT2D eigenvalue weighted by Gasteiger charge is 2.36. The predicted octanol–water partition coefficient (Wildman–Crippen LogP) is 1.84. The quantitative estimate of drug-likeness (QED) is 0.621. The van der Waals surface area contributed by atoms with Crippen LogP contribution < -0.4 is 0 Å². The molecule has 0 bridgehead atoms. The highest BCUT2D eigenvalue weighted by atomic mass is 79.9. The van der Waals surface area contributed by atoms with E-state index in [4.69, 9.17) is 4.74 Å². The predicted molar refractivity (Wildman–Crippen MR) is 70.3 cm³/mol. The number of hydrogen-bond acceptors (Lipinski definition) is 6. The smallest absolute Gasteiger partial charge is 0.328 e. The molecule has 0 aliphatic rings. The Morgan fingerprint density at radius 3 is 2.16 bits per heavy atom. The van der Waals surface area contributed by atoms with Gasteiger partial charge in [-0.1, -0.05) is 0 Å². The average Bonchev–Trinajstić information content (AvgIpc) is 2.29. The molecule has 0 saturated carbocycles. The molecule has 0 N–H and O–H groups in total. The highest BCUT2D eigenvalue weighted by Crippen LogP contribution is 2.20. The van der Waals surface area contributed by atoms with Crippen LogP contribution in [0.15, 0.2) is 16.9 Å². The molecule has 0 saturated heterocycles. The molecular formula is C12H15BrN2O4. The monoisotopic (exact) mass is 330 g/mol. The van der Waals surface area contributed by atoms with Crippen LogP contribution in [-0.4, -0.2) is 34.6 Å². The summed E-state index contributed by atoms with van der Waals surface area (Å²) in [6, 6.07) is 0. The first-order valence-corrected chi connectivity index (χ1v) is 6.32. The first-order chi connectivity index (χ1) is 8.74. The Kier molecular flexibility index (Phi) is 4.99. The second kappa shape index (κ2) is 6.10. The maximum Gasteiger partial charge on any atom is 0.328 e. The summed E-state index contributed by atoms with van der Waals surface area (Å²) in [5.74, 6) is -2.72. The van der Waals surface area contributed by atoms with Gasteiger partial charge in [0.2, 0.25) is 5.92 Å². The van der Waals surface area contributed by atoms with Crippen LogP contribution in [0.2, 0.25) is 0 Å². The molecule has 6 nitrogen and oxygen atoms in total. The van der Waals surface area contributed by atoms with E-state index in [9.17, 15) is 9.59 Å². The largest absolute Gasteiger partial charge is 0.468 e. The van der Waals surface area contributed by atoms with Crippen molar-refractivity contribution in [2.24, 2.45) is 0 Å². The summed E-state index contributed by atoms with van der Waals surface area (Å²) in [7, 11) is 1.19. The second-order valence-electron chi connectivity index (χ2n) is 4.75. The maximum absolute atomic E-state index is 12.0. The maximum atomic E-state index is 12.0. The average molecular weight is 331 g/mol. The summed E-state index contributed by atoms with van der Waals surface area (Å²) in [6.07, 6.45) is 2.89. The van der Waals surface area contributed by atoms with Crippen LogP contribution in [0, 0.1) is 0 Å². The number of nitrogens with zero attached hydrogens (tertiary/aromatic N) is 2. The number of ether oxygens (including phenoxy) is 2. The molecule has 7 heteroatoms. The van der Waals surface area contributed by atoms with E-state index in [-0.39, 0.29) is 5.82 Å². The third kappa shape index (κ3) is 4.59. The molecule has 0 amide bonds. The normalized spacial score (nSPS) is 12.7. The van der Waals surface area contributed by atoms with Crippen LogP contribution in [0.5, 0.6) is 0 Å². The standard InChI is InChI=1S/C12H15BrN2O4/c1-12(2,3)19-11(17)8(10(16)18-4)9-14-5-7(13)6-15-9/h5-6,8H,1-4H3/t8-/m0/s1. The molecule has 1 heterocycles. The molecule has 0 fully saturated rings. The van der Waals surface area contributed by atoms with Gasteiger partial charge in [-0.15, -0.1) is 0 Å². The molecule has 0 aliphatic carbocycles. The van der Waals surface area contributed by atoms with Crippen molar-refractivity contribution in [3.8, 4) is 0 Å². The van der Waals surface area contributed by atoms with Gasteiger partial charge in [-0.2, -0.15) is 0 Å². The zero-order valence-electron chi connectivity index (χ0n) is 11.1. The van der Waals surface area contributed by atoms with Crippen LogP contribution in [0.25, 0.3) is 0 Å². The number of carbonyl (C=O) groups is 2. The molecule has 1 aromatic rings. The van der Waals surface area contributed by atoms with E-state index in [1.54, 1.807) is 20.8 Å². The summed E-state index contributed by atoms with van der Waals surface area (Å²) in [6.45, 7) is 5.13. The number of rotatable bonds is 3. The van der Waals surface area contributed by atoms with Crippen molar-refractivity contribution in [1.82, 2.24) is 9.97 Å². The Labute approximate surface area is 119 Å². The van der Waals surface area contributed by atoms with Crippen molar-refractivity contribution >= 4 is 27.9 Å².